The fourth-order valence-electron chi connectivity index (χ4n) is 3.91. The molecule has 4 N–H and O–H groups in total. The Kier molecular flexibility index (Phi) is 3.30. The molecule has 1 spiro atoms. The number of carbonyl (C=O) groups excluding carboxylic acids is 1. The summed E-state index contributed by atoms with van der Waals surface area (Å²) in [6.45, 7) is 3.12. The Morgan fingerprint density at radius 1 is 1.48 bits per heavy atom. The molecule has 0 unspecified atom stereocenters. The van der Waals surface area contributed by atoms with Crippen LogP contribution in [-0.2, 0) is 15.0 Å². The van der Waals surface area contributed by atoms with E-state index in [-0.39, 0.29) is 17.3 Å². The number of anilines is 1. The highest BCUT2D eigenvalue weighted by Gasteiger charge is 2.61. The highest BCUT2D eigenvalue weighted by Crippen LogP contribution is 2.55. The van der Waals surface area contributed by atoms with Crippen LogP contribution in [-0.4, -0.2) is 33.2 Å². The number of benzene rings is 1. The number of hydrogen-bond donors (Lipinski definition) is 3. The number of fused-ring (bicyclic) bond motifs is 4. The first-order chi connectivity index (χ1) is 12.9. The number of nitrogens with one attached hydrogen (secondary N) is 1. The molecule has 1 amide bonds. The molecule has 9 heteroatoms. The summed E-state index contributed by atoms with van der Waals surface area (Å²) in [6, 6.07) is 7.62. The minimum atomic E-state index is -1.61. The third kappa shape index (κ3) is 1.84. The molecule has 0 saturated carbocycles. The fourth-order valence-corrected chi connectivity index (χ4v) is 3.91. The minimum Gasteiger partial charge on any atom is -0.480 e. The molecule has 2 aliphatic heterocycles. The second-order valence-corrected chi connectivity index (χ2v) is 6.44. The van der Waals surface area contributed by atoms with Crippen LogP contribution in [0.1, 0.15) is 23.7 Å². The molecule has 3 heterocycles. The van der Waals surface area contributed by atoms with E-state index in [1.54, 1.807) is 31.2 Å². The van der Waals surface area contributed by atoms with Crippen LogP contribution >= 0.6 is 0 Å². The largest absolute Gasteiger partial charge is 0.480 e. The number of aliphatic carboxylic acids is 1. The van der Waals surface area contributed by atoms with Crippen molar-refractivity contribution in [2.45, 2.75) is 25.3 Å². The number of nitriles is 1. The lowest BCUT2D eigenvalue weighted by atomic mass is 9.69. The summed E-state index contributed by atoms with van der Waals surface area (Å²) < 4.78 is 5.45. The van der Waals surface area contributed by atoms with Gasteiger partial charge in [-0.1, -0.05) is 18.2 Å². The van der Waals surface area contributed by atoms with E-state index in [0.29, 0.717) is 22.5 Å². The number of hydrogen-bond acceptors (Lipinski definition) is 6. The summed E-state index contributed by atoms with van der Waals surface area (Å²) in [5, 5.41) is 26.2. The van der Waals surface area contributed by atoms with Crippen molar-refractivity contribution in [3.05, 3.63) is 52.5 Å². The molecule has 1 aromatic heterocycles. The molecule has 0 radical (unpaired) electrons. The van der Waals surface area contributed by atoms with Gasteiger partial charge in [-0.05, 0) is 19.9 Å². The van der Waals surface area contributed by atoms with Gasteiger partial charge in [0.25, 0.3) is 0 Å². The number of para-hydroxylation sites is 1. The van der Waals surface area contributed by atoms with Crippen molar-refractivity contribution < 1.29 is 19.4 Å². The van der Waals surface area contributed by atoms with Gasteiger partial charge in [-0.15, -0.1) is 5.10 Å². The average Bonchev–Trinajstić information content (AvgIpc) is 3.12. The number of aromatic nitrogens is 2. The van der Waals surface area contributed by atoms with Crippen molar-refractivity contribution >= 4 is 17.6 Å². The normalized spacial score (nSPS) is 21.5. The van der Waals surface area contributed by atoms with Crippen molar-refractivity contribution in [3.8, 4) is 11.9 Å². The van der Waals surface area contributed by atoms with Gasteiger partial charge in [0.2, 0.25) is 17.7 Å². The SMILES string of the molecule is Cc1[nH]nc2c1[C@@]1(C(=O)N([C@H](C)C(=O)O)c3ccccc31)C(C#N)=C(N)O2. The number of aryl methyl sites for hydroxylation is 1. The van der Waals surface area contributed by atoms with Crippen molar-refractivity contribution in [2.24, 2.45) is 5.73 Å². The summed E-state index contributed by atoms with van der Waals surface area (Å²) in [5.74, 6) is -1.88. The standard InChI is InChI=1S/C18H15N5O4/c1-8-13-15(22-21-8)27-14(20)11(7-19)18(13)10-5-3-4-6-12(10)23(17(18)26)9(2)16(24)25/h3-6,9H,20H2,1-2H3,(H,21,22)(H,24,25)/t9-,18+/m1/s1. The predicted octanol–water partition coefficient (Wildman–Crippen LogP) is 0.910. The maximum atomic E-state index is 13.7. The number of carboxylic acids is 1. The molecular weight excluding hydrogens is 350 g/mol. The molecule has 2 aliphatic rings. The number of aromatic amines is 1. The lowest BCUT2D eigenvalue weighted by Gasteiger charge is -2.33. The smallest absolute Gasteiger partial charge is 0.326 e. The fraction of sp³-hybridized carbons (Fsp3) is 0.222. The third-order valence-electron chi connectivity index (χ3n) is 5.08. The van der Waals surface area contributed by atoms with E-state index in [2.05, 4.69) is 10.2 Å². The number of H-pyrrole nitrogens is 1. The molecule has 0 bridgehead atoms. The third-order valence-corrected chi connectivity index (χ3v) is 5.08. The van der Waals surface area contributed by atoms with Gasteiger partial charge in [-0.3, -0.25) is 14.8 Å². The van der Waals surface area contributed by atoms with Crippen molar-refractivity contribution in [1.82, 2.24) is 10.2 Å². The van der Waals surface area contributed by atoms with Crippen LogP contribution in [0, 0.1) is 18.3 Å². The molecule has 2 atom stereocenters. The van der Waals surface area contributed by atoms with Gasteiger partial charge in [0, 0.05) is 16.9 Å². The highest BCUT2D eigenvalue weighted by molar-refractivity contribution is 6.16. The van der Waals surface area contributed by atoms with Gasteiger partial charge >= 0.3 is 5.97 Å². The van der Waals surface area contributed by atoms with E-state index in [1.807, 2.05) is 6.07 Å². The lowest BCUT2D eigenvalue weighted by molar-refractivity contribution is -0.139. The monoisotopic (exact) mass is 365 g/mol. The Morgan fingerprint density at radius 3 is 2.85 bits per heavy atom. The molecule has 136 valence electrons. The van der Waals surface area contributed by atoms with E-state index < -0.39 is 23.3 Å². The van der Waals surface area contributed by atoms with Crippen molar-refractivity contribution in [1.29, 1.82) is 5.26 Å². The van der Waals surface area contributed by atoms with Gasteiger partial charge in [-0.2, -0.15) is 5.26 Å². The predicted molar refractivity (Wildman–Crippen MR) is 92.6 cm³/mol. The van der Waals surface area contributed by atoms with Crippen molar-refractivity contribution in [2.75, 3.05) is 4.90 Å². The molecule has 0 fully saturated rings. The van der Waals surface area contributed by atoms with Gasteiger partial charge < -0.3 is 15.6 Å². The Morgan fingerprint density at radius 2 is 2.19 bits per heavy atom. The molecule has 27 heavy (non-hydrogen) atoms. The van der Waals surface area contributed by atoms with E-state index in [1.165, 1.54) is 11.8 Å². The van der Waals surface area contributed by atoms with Crippen LogP contribution in [0.3, 0.4) is 0 Å². The number of carboxylic acid groups (broad SMARTS) is 1. The zero-order chi connectivity index (χ0) is 19.5. The van der Waals surface area contributed by atoms with Crippen molar-refractivity contribution in [3.63, 3.8) is 0 Å². The van der Waals surface area contributed by atoms with Gasteiger partial charge in [-0.25, -0.2) is 4.79 Å². The lowest BCUT2D eigenvalue weighted by Crippen LogP contribution is -2.50. The quantitative estimate of drug-likeness (QED) is 0.717. The summed E-state index contributed by atoms with van der Waals surface area (Å²) in [5.41, 5.74) is 6.04. The summed E-state index contributed by atoms with van der Waals surface area (Å²) in [4.78, 5) is 26.6. The van der Waals surface area contributed by atoms with E-state index in [9.17, 15) is 20.0 Å². The van der Waals surface area contributed by atoms with E-state index in [0.717, 1.165) is 0 Å². The van der Waals surface area contributed by atoms with Gasteiger partial charge in [0.05, 0.1) is 5.56 Å². The number of rotatable bonds is 2. The number of nitrogens with two attached hydrogens (primary N) is 1. The first kappa shape index (κ1) is 16.7. The summed E-state index contributed by atoms with van der Waals surface area (Å²) in [7, 11) is 0. The van der Waals surface area contributed by atoms with E-state index in [4.69, 9.17) is 10.5 Å². The topological polar surface area (TPSA) is 145 Å². The Balaban J connectivity index is 2.14. The second kappa shape index (κ2) is 5.35. The van der Waals surface area contributed by atoms with Crippen LogP contribution < -0.4 is 15.4 Å². The number of carbonyl (C=O) groups is 2. The highest BCUT2D eigenvalue weighted by atomic mass is 16.5. The Bertz CT molecular complexity index is 1080. The molecule has 0 saturated heterocycles. The molecule has 9 nitrogen and oxygen atoms in total. The summed E-state index contributed by atoms with van der Waals surface area (Å²) in [6.07, 6.45) is 0. The zero-order valence-electron chi connectivity index (χ0n) is 14.5. The molecule has 2 aromatic rings. The molecule has 1 aromatic carbocycles. The number of ether oxygens (including phenoxy) is 1. The minimum absolute atomic E-state index is 0.0861. The second-order valence-electron chi connectivity index (χ2n) is 6.44. The Hall–Kier alpha value is -3.80. The van der Waals surface area contributed by atoms with Crippen LogP contribution in [0.15, 0.2) is 35.7 Å². The molecular formula is C18H15N5O4. The van der Waals surface area contributed by atoms with Crippen LogP contribution in [0.4, 0.5) is 5.69 Å². The van der Waals surface area contributed by atoms with Crippen LogP contribution in [0.25, 0.3) is 0 Å². The first-order valence-corrected chi connectivity index (χ1v) is 8.15. The maximum absolute atomic E-state index is 13.7. The number of amides is 1. The van der Waals surface area contributed by atoms with Crippen LogP contribution in [0.2, 0.25) is 0 Å². The van der Waals surface area contributed by atoms with E-state index >= 15 is 0 Å². The molecule has 4 rings (SSSR count). The van der Waals surface area contributed by atoms with Gasteiger partial charge in [0.1, 0.15) is 23.1 Å². The Labute approximate surface area is 153 Å². The zero-order valence-corrected chi connectivity index (χ0v) is 14.5. The average molecular weight is 365 g/mol. The number of nitrogens with zero attached hydrogens (tertiary/aromatic N) is 3. The molecule has 0 aliphatic carbocycles. The van der Waals surface area contributed by atoms with Crippen LogP contribution in [0.5, 0.6) is 5.88 Å². The van der Waals surface area contributed by atoms with Gasteiger partial charge in [0.15, 0.2) is 0 Å². The first-order valence-electron chi connectivity index (χ1n) is 8.15. The summed E-state index contributed by atoms with van der Waals surface area (Å²) >= 11 is 0. The maximum Gasteiger partial charge on any atom is 0.326 e.